The molecule has 6 nitrogen and oxygen atoms in total. The number of amides is 1. The number of alkyl halides is 2. The van der Waals surface area contributed by atoms with Crippen molar-refractivity contribution in [3.8, 4) is 11.5 Å². The molecule has 2 atom stereocenters. The zero-order chi connectivity index (χ0) is 21.8. The van der Waals surface area contributed by atoms with Crippen molar-refractivity contribution in [2.75, 3.05) is 19.8 Å². The van der Waals surface area contributed by atoms with Crippen LogP contribution < -0.4 is 9.47 Å². The Morgan fingerprint density at radius 2 is 1.97 bits per heavy atom. The Morgan fingerprint density at radius 3 is 2.52 bits per heavy atom. The smallest absolute Gasteiger partial charge is 0.410 e. The van der Waals surface area contributed by atoms with Gasteiger partial charge in [-0.15, -0.1) is 0 Å². The average Bonchev–Trinajstić information content (AvgIpc) is 3.03. The maximum atomic E-state index is 12.7. The Kier molecular flexibility index (Phi) is 7.68. The first kappa shape index (κ1) is 23.2. The van der Waals surface area contributed by atoms with Gasteiger partial charge in [-0.2, -0.15) is 8.78 Å². The third-order valence-corrected chi connectivity index (χ3v) is 4.48. The number of hydrogen-bond donors (Lipinski definition) is 1. The fourth-order valence-electron chi connectivity index (χ4n) is 3.22. The minimum absolute atomic E-state index is 0.0231. The highest BCUT2D eigenvalue weighted by atomic mass is 19.3. The van der Waals surface area contributed by atoms with Crippen molar-refractivity contribution in [3.63, 3.8) is 0 Å². The standard InChI is InChI=1S/C21H31F2NO5/c1-13(2)12-27-18-9-14(6-7-17(18)28-19(22)23)15-8-16(11-25)24(10-15)20(26)29-21(3,4)5/h6-7,9,13,15-16,19,25H,8,10-12H2,1-5H3/t15-,16-/m1/s1. The topological polar surface area (TPSA) is 68.2 Å². The van der Waals surface area contributed by atoms with E-state index >= 15 is 0 Å². The number of carbonyl (C=O) groups excluding carboxylic acids is 1. The SMILES string of the molecule is CC(C)COc1cc([C@@H]2C[C@H](CO)N(C(=O)OC(C)(C)C)C2)ccc1OC(F)F. The fraction of sp³-hybridized carbons (Fsp3) is 0.667. The molecule has 1 aliphatic rings. The average molecular weight is 415 g/mol. The van der Waals surface area contributed by atoms with Crippen LogP contribution in [-0.4, -0.2) is 54.1 Å². The van der Waals surface area contributed by atoms with Gasteiger partial charge in [-0.05, 0) is 50.8 Å². The number of hydrogen-bond acceptors (Lipinski definition) is 5. The van der Waals surface area contributed by atoms with E-state index < -0.39 is 18.3 Å². The molecular weight excluding hydrogens is 384 g/mol. The molecule has 164 valence electrons. The van der Waals surface area contributed by atoms with Gasteiger partial charge in [0.25, 0.3) is 0 Å². The predicted octanol–water partition coefficient (Wildman–Crippen LogP) is 4.41. The molecule has 2 rings (SSSR count). The summed E-state index contributed by atoms with van der Waals surface area (Å²) in [5.74, 6) is 0.352. The molecule has 1 saturated heterocycles. The number of benzene rings is 1. The van der Waals surface area contributed by atoms with Crippen molar-refractivity contribution in [1.82, 2.24) is 4.90 Å². The molecule has 1 N–H and O–H groups in total. The summed E-state index contributed by atoms with van der Waals surface area (Å²) in [4.78, 5) is 14.0. The van der Waals surface area contributed by atoms with Gasteiger partial charge in [0.15, 0.2) is 11.5 Å². The van der Waals surface area contributed by atoms with Crippen LogP contribution in [0.5, 0.6) is 11.5 Å². The molecule has 1 aromatic carbocycles. The molecule has 1 amide bonds. The molecular formula is C21H31F2NO5. The summed E-state index contributed by atoms with van der Waals surface area (Å²) in [6.07, 6.45) is 0.0574. The Balaban J connectivity index is 2.22. The van der Waals surface area contributed by atoms with Crippen LogP contribution in [-0.2, 0) is 4.74 Å². The number of carbonyl (C=O) groups is 1. The van der Waals surface area contributed by atoms with Gasteiger partial charge in [0.2, 0.25) is 0 Å². The van der Waals surface area contributed by atoms with Crippen LogP contribution in [0, 0.1) is 5.92 Å². The van der Waals surface area contributed by atoms with Gasteiger partial charge in [-0.1, -0.05) is 19.9 Å². The van der Waals surface area contributed by atoms with Crippen LogP contribution in [0.15, 0.2) is 18.2 Å². The molecule has 0 spiro atoms. The van der Waals surface area contributed by atoms with Gasteiger partial charge in [0.1, 0.15) is 5.60 Å². The molecule has 1 heterocycles. The van der Waals surface area contributed by atoms with Gasteiger partial charge in [0.05, 0.1) is 19.3 Å². The van der Waals surface area contributed by atoms with Crippen molar-refractivity contribution in [2.45, 2.75) is 65.2 Å². The van der Waals surface area contributed by atoms with E-state index in [0.717, 1.165) is 5.56 Å². The van der Waals surface area contributed by atoms with E-state index in [4.69, 9.17) is 9.47 Å². The van der Waals surface area contributed by atoms with Crippen molar-refractivity contribution in [1.29, 1.82) is 0 Å². The second-order valence-electron chi connectivity index (χ2n) is 8.69. The monoisotopic (exact) mass is 415 g/mol. The van der Waals surface area contributed by atoms with Gasteiger partial charge in [-0.3, -0.25) is 0 Å². The summed E-state index contributed by atoms with van der Waals surface area (Å²) in [6, 6.07) is 4.46. The Hall–Kier alpha value is -2.09. The molecule has 0 aromatic heterocycles. The zero-order valence-electron chi connectivity index (χ0n) is 17.7. The summed E-state index contributed by atoms with van der Waals surface area (Å²) in [7, 11) is 0. The van der Waals surface area contributed by atoms with E-state index in [2.05, 4.69) is 4.74 Å². The summed E-state index contributed by atoms with van der Waals surface area (Å²) >= 11 is 0. The first-order valence-corrected chi connectivity index (χ1v) is 9.82. The van der Waals surface area contributed by atoms with Crippen molar-refractivity contribution in [2.24, 2.45) is 5.92 Å². The molecule has 1 aromatic rings. The van der Waals surface area contributed by atoms with Gasteiger partial charge in [0, 0.05) is 12.5 Å². The molecule has 29 heavy (non-hydrogen) atoms. The maximum absolute atomic E-state index is 12.7. The van der Waals surface area contributed by atoms with E-state index in [0.29, 0.717) is 19.6 Å². The zero-order valence-corrected chi connectivity index (χ0v) is 17.7. The predicted molar refractivity (Wildman–Crippen MR) is 105 cm³/mol. The second kappa shape index (κ2) is 9.61. The molecule has 0 radical (unpaired) electrons. The fourth-order valence-corrected chi connectivity index (χ4v) is 3.22. The van der Waals surface area contributed by atoms with Crippen molar-refractivity contribution in [3.05, 3.63) is 23.8 Å². The van der Waals surface area contributed by atoms with E-state index in [-0.39, 0.29) is 36.0 Å². The number of aliphatic hydroxyl groups is 1. The van der Waals surface area contributed by atoms with E-state index in [9.17, 15) is 18.7 Å². The lowest BCUT2D eigenvalue weighted by molar-refractivity contribution is -0.0516. The summed E-state index contributed by atoms with van der Waals surface area (Å²) < 4.78 is 41.1. The third kappa shape index (κ3) is 6.73. The first-order valence-electron chi connectivity index (χ1n) is 9.82. The van der Waals surface area contributed by atoms with Gasteiger partial charge < -0.3 is 24.2 Å². The van der Waals surface area contributed by atoms with Crippen LogP contribution in [0.4, 0.5) is 13.6 Å². The van der Waals surface area contributed by atoms with Crippen LogP contribution in [0.1, 0.15) is 52.5 Å². The number of aliphatic hydroxyl groups excluding tert-OH is 1. The molecule has 0 unspecified atom stereocenters. The second-order valence-corrected chi connectivity index (χ2v) is 8.69. The Bertz CT molecular complexity index is 690. The minimum atomic E-state index is -2.95. The molecule has 0 bridgehead atoms. The van der Waals surface area contributed by atoms with Gasteiger partial charge >= 0.3 is 12.7 Å². The largest absolute Gasteiger partial charge is 0.489 e. The minimum Gasteiger partial charge on any atom is -0.489 e. The summed E-state index contributed by atoms with van der Waals surface area (Å²) in [5.41, 5.74) is 0.191. The summed E-state index contributed by atoms with van der Waals surface area (Å²) in [6.45, 7) is 6.85. The highest BCUT2D eigenvalue weighted by Gasteiger charge is 2.38. The van der Waals surface area contributed by atoms with Gasteiger partial charge in [-0.25, -0.2) is 4.79 Å². The summed E-state index contributed by atoms with van der Waals surface area (Å²) in [5, 5.41) is 9.71. The quantitative estimate of drug-likeness (QED) is 0.715. The van der Waals surface area contributed by atoms with Crippen molar-refractivity contribution >= 4 is 6.09 Å². The normalized spacial score (nSPS) is 19.7. The van der Waals surface area contributed by atoms with E-state index in [1.165, 1.54) is 11.0 Å². The molecule has 1 fully saturated rings. The number of halogens is 2. The van der Waals surface area contributed by atoms with Crippen LogP contribution >= 0.6 is 0 Å². The number of ether oxygens (including phenoxy) is 3. The number of rotatable bonds is 7. The molecule has 1 aliphatic heterocycles. The van der Waals surface area contributed by atoms with Crippen LogP contribution in [0.3, 0.4) is 0 Å². The van der Waals surface area contributed by atoms with E-state index in [1.54, 1.807) is 32.9 Å². The van der Waals surface area contributed by atoms with Crippen molar-refractivity contribution < 1.29 is 32.9 Å². The molecule has 0 aliphatic carbocycles. The number of likely N-dealkylation sites (tertiary alicyclic amines) is 1. The Labute approximate surface area is 170 Å². The highest BCUT2D eigenvalue weighted by Crippen LogP contribution is 2.38. The molecule has 0 saturated carbocycles. The Morgan fingerprint density at radius 1 is 1.28 bits per heavy atom. The third-order valence-electron chi connectivity index (χ3n) is 4.48. The lowest BCUT2D eigenvalue weighted by atomic mass is 9.96. The van der Waals surface area contributed by atoms with Crippen LogP contribution in [0.25, 0.3) is 0 Å². The van der Waals surface area contributed by atoms with Crippen LogP contribution in [0.2, 0.25) is 0 Å². The highest BCUT2D eigenvalue weighted by molar-refractivity contribution is 5.69. The van der Waals surface area contributed by atoms with E-state index in [1.807, 2.05) is 13.8 Å². The lowest BCUT2D eigenvalue weighted by Crippen LogP contribution is -2.41. The number of nitrogens with zero attached hydrogens (tertiary/aromatic N) is 1. The molecule has 8 heteroatoms. The first-order chi connectivity index (χ1) is 13.5. The lowest BCUT2D eigenvalue weighted by Gasteiger charge is -2.27. The maximum Gasteiger partial charge on any atom is 0.410 e.